The number of nitrogens with one attached hydrogen (secondary N) is 2. The Bertz CT molecular complexity index is 1030. The Kier molecular flexibility index (Phi) is 8.95. The van der Waals surface area contributed by atoms with Crippen molar-refractivity contribution in [2.75, 3.05) is 6.54 Å². The molecule has 1 heterocycles. The van der Waals surface area contributed by atoms with Crippen LogP contribution in [-0.4, -0.2) is 65.3 Å². The summed E-state index contributed by atoms with van der Waals surface area (Å²) in [5, 5.41) is 5.77. The molecular weight excluding hydrogens is 524 g/mol. The van der Waals surface area contributed by atoms with E-state index < -0.39 is 41.8 Å². The Morgan fingerprint density at radius 3 is 2.10 bits per heavy atom. The number of likely N-dealkylation sites (tertiary alicyclic amines) is 1. The summed E-state index contributed by atoms with van der Waals surface area (Å²) in [6.07, 6.45) is 12.3. The van der Waals surface area contributed by atoms with Crippen molar-refractivity contribution in [2.45, 2.75) is 128 Å². The Morgan fingerprint density at radius 2 is 1.51 bits per heavy atom. The van der Waals surface area contributed by atoms with E-state index in [9.17, 15) is 24.0 Å². The first-order valence-electron chi connectivity index (χ1n) is 16.0. The van der Waals surface area contributed by atoms with Gasteiger partial charge in [-0.25, -0.2) is 4.79 Å². The van der Waals surface area contributed by atoms with Crippen LogP contribution in [0.15, 0.2) is 0 Å². The van der Waals surface area contributed by atoms with Gasteiger partial charge in [-0.3, -0.25) is 19.2 Å². The lowest BCUT2D eigenvalue weighted by Crippen LogP contribution is -2.59. The number of carbonyl (C=O) groups excluding carboxylic acids is 5. The maximum Gasteiger partial charge on any atom is 0.408 e. The second kappa shape index (κ2) is 12.3. The van der Waals surface area contributed by atoms with Crippen LogP contribution in [0.2, 0.25) is 0 Å². The highest BCUT2D eigenvalue weighted by atomic mass is 16.6. The summed E-state index contributed by atoms with van der Waals surface area (Å²) in [5.74, 6) is -2.17. The molecule has 5 aliphatic rings. The maximum absolute atomic E-state index is 14.3. The number of fused-ring (bicyclic) bond motifs is 1. The molecule has 1 saturated heterocycles. The number of primary amides is 1. The number of ether oxygens (including phenoxy) is 1. The lowest BCUT2D eigenvalue weighted by Gasteiger charge is -2.37. The van der Waals surface area contributed by atoms with Crippen LogP contribution in [0.4, 0.5) is 4.79 Å². The number of amides is 4. The summed E-state index contributed by atoms with van der Waals surface area (Å²) >= 11 is 0. The minimum Gasteiger partial charge on any atom is -0.446 e. The molecule has 4 aliphatic carbocycles. The van der Waals surface area contributed by atoms with Crippen LogP contribution in [0.5, 0.6) is 0 Å². The molecule has 3 unspecified atom stereocenters. The van der Waals surface area contributed by atoms with Gasteiger partial charge in [-0.15, -0.1) is 0 Å². The van der Waals surface area contributed by atoms with Crippen molar-refractivity contribution in [3.05, 3.63) is 0 Å². The largest absolute Gasteiger partial charge is 0.446 e. The lowest BCUT2D eigenvalue weighted by atomic mass is 9.80. The van der Waals surface area contributed by atoms with Crippen LogP contribution in [-0.2, 0) is 23.9 Å². The van der Waals surface area contributed by atoms with Gasteiger partial charge < -0.3 is 26.0 Å². The number of hydrogen-bond acceptors (Lipinski definition) is 6. The SMILES string of the molecule is CC1(C)C2CN(C(=O)[C@@H](NC(=O)OC3CCCCC3)C3CCCCC3)[C@H](C(=O)NC(CC3CCC3)C(=O)C(N)=O)C21. The monoisotopic (exact) mass is 572 g/mol. The predicted octanol–water partition coefficient (Wildman–Crippen LogP) is 3.21. The summed E-state index contributed by atoms with van der Waals surface area (Å²) in [6, 6.07) is -2.52. The quantitative estimate of drug-likeness (QED) is 0.343. The van der Waals surface area contributed by atoms with Crippen molar-refractivity contribution >= 4 is 29.6 Å². The first kappa shape index (κ1) is 29.8. The predicted molar refractivity (Wildman–Crippen MR) is 151 cm³/mol. The lowest BCUT2D eigenvalue weighted by molar-refractivity contribution is -0.144. The summed E-state index contributed by atoms with van der Waals surface area (Å²) in [6.45, 7) is 4.63. The molecule has 10 nitrogen and oxygen atoms in total. The molecule has 0 aromatic carbocycles. The number of alkyl carbamates (subject to hydrolysis) is 1. The average Bonchev–Trinajstić information content (AvgIpc) is 3.25. The highest BCUT2D eigenvalue weighted by Crippen LogP contribution is 2.65. The molecule has 0 aromatic heterocycles. The minimum atomic E-state index is -1.06. The second-order valence-corrected chi connectivity index (χ2v) is 13.9. The van der Waals surface area contributed by atoms with Crippen molar-refractivity contribution in [1.82, 2.24) is 15.5 Å². The van der Waals surface area contributed by atoms with E-state index in [4.69, 9.17) is 10.5 Å². The molecule has 4 N–H and O–H groups in total. The third-order valence-corrected chi connectivity index (χ3v) is 10.9. The highest BCUT2D eigenvalue weighted by molar-refractivity contribution is 6.37. The van der Waals surface area contributed by atoms with E-state index >= 15 is 0 Å². The Labute approximate surface area is 243 Å². The zero-order valence-corrected chi connectivity index (χ0v) is 24.7. The number of piperidine rings is 1. The number of Topliss-reactive ketones (excluding diaryl/α,β-unsaturated/α-hetero) is 1. The number of rotatable bonds is 10. The van der Waals surface area contributed by atoms with E-state index in [1.165, 1.54) is 0 Å². The third-order valence-electron chi connectivity index (χ3n) is 10.9. The van der Waals surface area contributed by atoms with Crippen molar-refractivity contribution < 1.29 is 28.7 Å². The van der Waals surface area contributed by atoms with E-state index in [0.717, 1.165) is 83.5 Å². The number of nitrogens with zero attached hydrogens (tertiary/aromatic N) is 1. The number of ketones is 1. The Morgan fingerprint density at radius 1 is 0.878 bits per heavy atom. The molecule has 5 atom stereocenters. The van der Waals surface area contributed by atoms with Crippen LogP contribution < -0.4 is 16.4 Å². The molecule has 228 valence electrons. The van der Waals surface area contributed by atoms with Crippen LogP contribution in [0.3, 0.4) is 0 Å². The van der Waals surface area contributed by atoms with Gasteiger partial charge in [-0.1, -0.05) is 58.8 Å². The van der Waals surface area contributed by atoms with Crippen LogP contribution in [0.1, 0.15) is 104 Å². The second-order valence-electron chi connectivity index (χ2n) is 13.9. The molecular formula is C31H48N4O6. The molecule has 4 amide bonds. The van der Waals surface area contributed by atoms with Gasteiger partial charge >= 0.3 is 6.09 Å². The molecule has 1 aliphatic heterocycles. The molecule has 0 spiro atoms. The number of carbonyl (C=O) groups is 5. The fourth-order valence-electron chi connectivity index (χ4n) is 8.06. The van der Waals surface area contributed by atoms with E-state index in [0.29, 0.717) is 13.0 Å². The molecule has 0 bridgehead atoms. The van der Waals surface area contributed by atoms with E-state index in [-0.39, 0.29) is 41.1 Å². The Balaban J connectivity index is 1.33. The maximum atomic E-state index is 14.3. The van der Waals surface area contributed by atoms with Gasteiger partial charge in [0, 0.05) is 6.54 Å². The van der Waals surface area contributed by atoms with E-state index in [2.05, 4.69) is 24.5 Å². The Hall–Kier alpha value is -2.65. The van der Waals surface area contributed by atoms with Crippen LogP contribution in [0.25, 0.3) is 0 Å². The fourth-order valence-corrected chi connectivity index (χ4v) is 8.06. The summed E-state index contributed by atoms with van der Waals surface area (Å²) < 4.78 is 5.74. The van der Waals surface area contributed by atoms with E-state index in [1.807, 2.05) is 0 Å². The molecule has 0 radical (unpaired) electrons. The topological polar surface area (TPSA) is 148 Å². The van der Waals surface area contributed by atoms with Gasteiger partial charge in [-0.05, 0) is 74.0 Å². The summed E-state index contributed by atoms with van der Waals surface area (Å²) in [7, 11) is 0. The van der Waals surface area contributed by atoms with Crippen molar-refractivity contribution in [1.29, 1.82) is 0 Å². The molecule has 4 saturated carbocycles. The standard InChI is InChI=1S/C31H48N4O6/c1-31(2)21-17-35(25(23(21)31)28(38)33-22(26(36)27(32)37)16-18-10-9-11-18)29(39)24(19-12-5-3-6-13-19)34-30(40)41-20-14-7-4-8-15-20/h18-25H,3-17H2,1-2H3,(H2,32,37)(H,33,38)(H,34,40)/t21?,22?,23?,24-,25-/m0/s1. The number of hydrogen-bond donors (Lipinski definition) is 3. The smallest absolute Gasteiger partial charge is 0.408 e. The highest BCUT2D eigenvalue weighted by Gasteiger charge is 2.69. The molecule has 0 aromatic rings. The summed E-state index contributed by atoms with van der Waals surface area (Å²) in [4.78, 5) is 67.3. The zero-order chi connectivity index (χ0) is 29.3. The minimum absolute atomic E-state index is 0.0217. The molecule has 10 heteroatoms. The van der Waals surface area contributed by atoms with Crippen LogP contribution in [0, 0.1) is 29.1 Å². The van der Waals surface area contributed by atoms with Crippen molar-refractivity contribution in [2.24, 2.45) is 34.8 Å². The van der Waals surface area contributed by atoms with Gasteiger partial charge in [0.1, 0.15) is 18.2 Å². The summed E-state index contributed by atoms with van der Waals surface area (Å²) in [5.41, 5.74) is 5.21. The van der Waals surface area contributed by atoms with E-state index in [1.54, 1.807) is 4.90 Å². The first-order chi connectivity index (χ1) is 19.6. The molecule has 5 rings (SSSR count). The van der Waals surface area contributed by atoms with Gasteiger partial charge in [0.15, 0.2) is 0 Å². The van der Waals surface area contributed by atoms with Crippen molar-refractivity contribution in [3.63, 3.8) is 0 Å². The van der Waals surface area contributed by atoms with Gasteiger partial charge in [0.25, 0.3) is 5.91 Å². The zero-order valence-electron chi connectivity index (χ0n) is 24.7. The fraction of sp³-hybridized carbons (Fsp3) is 0.839. The van der Waals surface area contributed by atoms with Gasteiger partial charge in [0.2, 0.25) is 17.6 Å². The average molecular weight is 573 g/mol. The van der Waals surface area contributed by atoms with Crippen molar-refractivity contribution in [3.8, 4) is 0 Å². The number of nitrogens with two attached hydrogens (primary N) is 1. The first-order valence-corrected chi connectivity index (χ1v) is 16.0. The normalized spacial score (nSPS) is 29.4. The van der Waals surface area contributed by atoms with Gasteiger partial charge in [-0.2, -0.15) is 0 Å². The third kappa shape index (κ3) is 6.41. The molecule has 41 heavy (non-hydrogen) atoms. The molecule has 5 fully saturated rings. The van der Waals surface area contributed by atoms with Crippen LogP contribution >= 0.6 is 0 Å². The van der Waals surface area contributed by atoms with Gasteiger partial charge in [0.05, 0.1) is 6.04 Å².